The van der Waals surface area contributed by atoms with Gasteiger partial charge in [-0.2, -0.15) is 13.4 Å². The summed E-state index contributed by atoms with van der Waals surface area (Å²) in [6.45, 7) is 0. The van der Waals surface area contributed by atoms with Gasteiger partial charge < -0.3 is 4.74 Å². The molecule has 1 aromatic rings. The Morgan fingerprint density at radius 2 is 2.27 bits per heavy atom. The molecule has 0 amide bonds. The first-order valence-corrected chi connectivity index (χ1v) is 5.53. The van der Waals surface area contributed by atoms with E-state index >= 15 is 0 Å². The van der Waals surface area contributed by atoms with Crippen molar-refractivity contribution in [3.05, 3.63) is 11.5 Å². The molecule has 0 atom stereocenters. The van der Waals surface area contributed by atoms with E-state index in [1.54, 1.807) is 0 Å². The Balaban J connectivity index is 2.64. The summed E-state index contributed by atoms with van der Waals surface area (Å²) in [5.41, 5.74) is 0. The number of amidine groups is 1. The molecule has 7 nitrogen and oxygen atoms in total. The summed E-state index contributed by atoms with van der Waals surface area (Å²) < 4.78 is 31.1. The third-order valence-electron chi connectivity index (χ3n) is 1.63. The van der Waals surface area contributed by atoms with Crippen molar-refractivity contribution < 1.29 is 13.2 Å². The van der Waals surface area contributed by atoms with Crippen LogP contribution in [0.25, 0.3) is 0 Å². The molecule has 9 heteroatoms. The van der Waals surface area contributed by atoms with Gasteiger partial charge in [0.25, 0.3) is 10.0 Å². The number of sulfonamides is 1. The summed E-state index contributed by atoms with van der Waals surface area (Å²) in [5.74, 6) is 0.0573. The van der Waals surface area contributed by atoms with E-state index in [0.717, 1.165) is 6.20 Å². The van der Waals surface area contributed by atoms with Crippen LogP contribution in [0.1, 0.15) is 0 Å². The number of hydrogen-bond donors (Lipinski definition) is 1. The number of hydrogen-bond acceptors (Lipinski definition) is 6. The maximum absolute atomic E-state index is 11.5. The van der Waals surface area contributed by atoms with Crippen LogP contribution < -0.4 is 5.32 Å². The Morgan fingerprint density at radius 3 is 2.93 bits per heavy atom. The maximum Gasteiger partial charge on any atom is 0.306 e. The molecule has 1 aliphatic rings. The third kappa shape index (κ3) is 1.73. The second-order valence-corrected chi connectivity index (χ2v) is 4.46. The normalized spacial score (nSPS) is 17.3. The lowest BCUT2D eigenvalue weighted by molar-refractivity contribution is 0.401. The van der Waals surface area contributed by atoms with Gasteiger partial charge in [-0.15, -0.1) is 4.40 Å². The molecule has 0 unspecified atom stereocenters. The lowest BCUT2D eigenvalue weighted by atomic mass is 10.6. The standard InChI is InChI=1S/C6H5ClN4O3S/c1-14-6-10-4-3(15(12,13)11-6)2-8-5(7)9-4/h2H,1H3,(H,8,9,10,11). The summed E-state index contributed by atoms with van der Waals surface area (Å²) in [4.78, 5) is 7.14. The zero-order chi connectivity index (χ0) is 11.1. The van der Waals surface area contributed by atoms with Crippen molar-refractivity contribution in [2.45, 2.75) is 4.90 Å². The largest absolute Gasteiger partial charge is 0.468 e. The fourth-order valence-electron chi connectivity index (χ4n) is 0.998. The van der Waals surface area contributed by atoms with Crippen molar-refractivity contribution in [2.75, 3.05) is 12.4 Å². The van der Waals surface area contributed by atoms with E-state index < -0.39 is 10.0 Å². The lowest BCUT2D eigenvalue weighted by Crippen LogP contribution is -2.24. The predicted octanol–water partition coefficient (Wildman–Crippen LogP) is 0.247. The SMILES string of the molecule is COC1=NS(=O)(=O)c2cnc(Cl)nc2N1. The number of fused-ring (bicyclic) bond motifs is 1. The van der Waals surface area contributed by atoms with Gasteiger partial charge >= 0.3 is 6.02 Å². The lowest BCUT2D eigenvalue weighted by Gasteiger charge is -2.14. The molecule has 1 N–H and O–H groups in total. The van der Waals surface area contributed by atoms with Gasteiger partial charge in [0.05, 0.1) is 13.3 Å². The van der Waals surface area contributed by atoms with Crippen molar-refractivity contribution in [3.8, 4) is 0 Å². The highest BCUT2D eigenvalue weighted by molar-refractivity contribution is 7.90. The fourth-order valence-corrected chi connectivity index (χ4v) is 2.10. The van der Waals surface area contributed by atoms with Gasteiger partial charge in [-0.05, 0) is 11.6 Å². The first kappa shape index (κ1) is 10.1. The number of rotatable bonds is 0. The number of anilines is 1. The molecule has 80 valence electrons. The highest BCUT2D eigenvalue weighted by Crippen LogP contribution is 2.25. The molecule has 15 heavy (non-hydrogen) atoms. The predicted molar refractivity (Wildman–Crippen MR) is 52.3 cm³/mol. The minimum atomic E-state index is -3.80. The molecule has 0 aromatic carbocycles. The second kappa shape index (κ2) is 3.31. The highest BCUT2D eigenvalue weighted by atomic mass is 35.5. The van der Waals surface area contributed by atoms with Gasteiger partial charge in [0, 0.05) is 0 Å². The quantitative estimate of drug-likeness (QED) is 0.662. The van der Waals surface area contributed by atoms with Gasteiger partial charge in [-0.1, -0.05) is 0 Å². The van der Waals surface area contributed by atoms with E-state index in [1.165, 1.54) is 7.11 Å². The Kier molecular flexibility index (Phi) is 2.24. The summed E-state index contributed by atoms with van der Waals surface area (Å²) in [6.07, 6.45) is 1.09. The van der Waals surface area contributed by atoms with Crippen molar-refractivity contribution in [1.82, 2.24) is 9.97 Å². The summed E-state index contributed by atoms with van der Waals surface area (Å²) in [5, 5.41) is 2.49. The number of methoxy groups -OCH3 is 1. The summed E-state index contributed by atoms with van der Waals surface area (Å²) in [7, 11) is -2.52. The third-order valence-corrected chi connectivity index (χ3v) is 3.07. The van der Waals surface area contributed by atoms with Crippen LogP contribution in [0.5, 0.6) is 0 Å². The van der Waals surface area contributed by atoms with Crippen LogP contribution in [0.2, 0.25) is 5.28 Å². The van der Waals surface area contributed by atoms with Gasteiger partial charge in [-0.25, -0.2) is 4.98 Å². The van der Waals surface area contributed by atoms with Gasteiger partial charge in [-0.3, -0.25) is 5.32 Å². The van der Waals surface area contributed by atoms with Crippen LogP contribution in [0.4, 0.5) is 5.82 Å². The van der Waals surface area contributed by atoms with Gasteiger partial charge in [0.2, 0.25) is 5.28 Å². The molecule has 0 radical (unpaired) electrons. The smallest absolute Gasteiger partial charge is 0.306 e. The van der Waals surface area contributed by atoms with Crippen molar-refractivity contribution in [2.24, 2.45) is 4.40 Å². The minimum absolute atomic E-state index is 0.0573. The molecule has 2 rings (SSSR count). The monoisotopic (exact) mass is 248 g/mol. The molecule has 0 saturated carbocycles. The molecule has 1 aliphatic heterocycles. The van der Waals surface area contributed by atoms with Gasteiger partial charge in [0.15, 0.2) is 10.7 Å². The molecular weight excluding hydrogens is 244 g/mol. The molecule has 0 bridgehead atoms. The number of nitrogens with one attached hydrogen (secondary N) is 1. The molecule has 0 fully saturated rings. The second-order valence-electron chi connectivity index (χ2n) is 2.55. The number of nitrogens with zero attached hydrogens (tertiary/aromatic N) is 3. The van der Waals surface area contributed by atoms with Crippen LogP contribution in [0.15, 0.2) is 15.5 Å². The Bertz CT molecular complexity index is 541. The van der Waals surface area contributed by atoms with E-state index in [9.17, 15) is 8.42 Å². The molecule has 0 aliphatic carbocycles. The molecule has 0 saturated heterocycles. The fraction of sp³-hybridized carbons (Fsp3) is 0.167. The summed E-state index contributed by atoms with van der Waals surface area (Å²) in [6, 6.07) is -0.155. The van der Waals surface area contributed by atoms with Crippen LogP contribution in [0.3, 0.4) is 0 Å². The van der Waals surface area contributed by atoms with E-state index in [1.807, 2.05) is 0 Å². The summed E-state index contributed by atoms with van der Waals surface area (Å²) >= 11 is 5.52. The van der Waals surface area contributed by atoms with Crippen LogP contribution in [-0.2, 0) is 14.8 Å². The molecular formula is C6H5ClN4O3S. The first-order valence-electron chi connectivity index (χ1n) is 3.71. The Morgan fingerprint density at radius 1 is 1.53 bits per heavy atom. The maximum atomic E-state index is 11.5. The van der Waals surface area contributed by atoms with Crippen LogP contribution >= 0.6 is 11.6 Å². The van der Waals surface area contributed by atoms with Crippen molar-refractivity contribution >= 4 is 33.5 Å². The number of aromatic nitrogens is 2. The van der Waals surface area contributed by atoms with Crippen molar-refractivity contribution in [3.63, 3.8) is 0 Å². The average molecular weight is 249 g/mol. The topological polar surface area (TPSA) is 93.5 Å². The van der Waals surface area contributed by atoms with Gasteiger partial charge in [0.1, 0.15) is 0 Å². The minimum Gasteiger partial charge on any atom is -0.468 e. The zero-order valence-corrected chi connectivity index (χ0v) is 9.00. The van der Waals surface area contributed by atoms with E-state index in [4.69, 9.17) is 11.6 Å². The highest BCUT2D eigenvalue weighted by Gasteiger charge is 2.27. The number of halogens is 1. The van der Waals surface area contributed by atoms with Crippen LogP contribution in [-0.4, -0.2) is 31.5 Å². The van der Waals surface area contributed by atoms with E-state index in [0.29, 0.717) is 0 Å². The zero-order valence-electron chi connectivity index (χ0n) is 7.43. The first-order chi connectivity index (χ1) is 7.03. The Labute approximate surface area is 90.2 Å². The van der Waals surface area contributed by atoms with Crippen LogP contribution in [0, 0.1) is 0 Å². The molecule has 1 aromatic heterocycles. The Hall–Kier alpha value is -1.41. The number of ether oxygens (including phenoxy) is 1. The van der Waals surface area contributed by atoms with E-state index in [-0.39, 0.29) is 22.0 Å². The molecule has 0 spiro atoms. The van der Waals surface area contributed by atoms with Crippen molar-refractivity contribution in [1.29, 1.82) is 0 Å². The average Bonchev–Trinajstić information content (AvgIpc) is 2.15. The molecule has 2 heterocycles. The van der Waals surface area contributed by atoms with E-state index in [2.05, 4.69) is 24.4 Å².